The Bertz CT molecular complexity index is 770. The molecule has 1 aliphatic heterocycles. The maximum absolute atomic E-state index is 11.8. The molecule has 1 aliphatic rings. The molecular weight excluding hydrogens is 310 g/mol. The number of fused-ring (bicyclic) bond motifs is 1. The lowest BCUT2D eigenvalue weighted by atomic mass is 9.96. The Labute approximate surface area is 139 Å². The van der Waals surface area contributed by atoms with Crippen LogP contribution in [0.25, 0.3) is 10.9 Å². The van der Waals surface area contributed by atoms with E-state index in [2.05, 4.69) is 4.98 Å². The van der Waals surface area contributed by atoms with Gasteiger partial charge in [0, 0.05) is 19.3 Å². The summed E-state index contributed by atoms with van der Waals surface area (Å²) < 4.78 is 5.07. The van der Waals surface area contributed by atoms with E-state index in [4.69, 9.17) is 4.74 Å². The van der Waals surface area contributed by atoms with E-state index in [9.17, 15) is 14.9 Å². The first-order valence-electron chi connectivity index (χ1n) is 8.05. The first-order valence-corrected chi connectivity index (χ1v) is 8.05. The zero-order valence-electron chi connectivity index (χ0n) is 13.5. The second-order valence-electron chi connectivity index (χ2n) is 5.77. The summed E-state index contributed by atoms with van der Waals surface area (Å²) in [6.07, 6.45) is 2.90. The van der Waals surface area contributed by atoms with Crippen LogP contribution >= 0.6 is 0 Å². The van der Waals surface area contributed by atoms with Gasteiger partial charge in [-0.1, -0.05) is 0 Å². The fourth-order valence-corrected chi connectivity index (χ4v) is 3.19. The van der Waals surface area contributed by atoms with Crippen LogP contribution in [0.2, 0.25) is 0 Å². The molecule has 0 bridgehead atoms. The van der Waals surface area contributed by atoms with Gasteiger partial charge in [-0.2, -0.15) is 0 Å². The van der Waals surface area contributed by atoms with Crippen LogP contribution in [0.5, 0.6) is 0 Å². The van der Waals surface area contributed by atoms with E-state index in [1.807, 2.05) is 4.90 Å². The zero-order valence-corrected chi connectivity index (χ0v) is 13.5. The molecule has 1 saturated heterocycles. The van der Waals surface area contributed by atoms with Crippen molar-refractivity contribution in [1.29, 1.82) is 0 Å². The molecule has 0 atom stereocenters. The van der Waals surface area contributed by atoms with Crippen LogP contribution in [0, 0.1) is 16.0 Å². The van der Waals surface area contributed by atoms with Crippen LogP contribution in [-0.2, 0) is 9.53 Å². The molecule has 7 nitrogen and oxygen atoms in total. The predicted octanol–water partition coefficient (Wildman–Crippen LogP) is 2.92. The molecule has 1 aromatic carbocycles. The number of esters is 1. The molecule has 3 rings (SSSR count). The highest BCUT2D eigenvalue weighted by Gasteiger charge is 2.30. The molecule has 0 amide bonds. The Kier molecular flexibility index (Phi) is 4.59. The molecule has 0 spiro atoms. The van der Waals surface area contributed by atoms with E-state index >= 15 is 0 Å². The molecule has 2 heterocycles. The number of carbonyl (C=O) groups excluding carboxylic acids is 1. The number of rotatable bonds is 4. The normalized spacial score (nSPS) is 15.5. The van der Waals surface area contributed by atoms with Crippen molar-refractivity contribution < 1.29 is 14.5 Å². The summed E-state index contributed by atoms with van der Waals surface area (Å²) >= 11 is 0. The van der Waals surface area contributed by atoms with Gasteiger partial charge >= 0.3 is 11.7 Å². The Morgan fingerprint density at radius 1 is 1.38 bits per heavy atom. The third-order valence-corrected chi connectivity index (χ3v) is 4.37. The minimum Gasteiger partial charge on any atom is -0.466 e. The number of hydrogen-bond acceptors (Lipinski definition) is 6. The van der Waals surface area contributed by atoms with Crippen LogP contribution in [0.4, 0.5) is 11.4 Å². The molecule has 0 saturated carbocycles. The third-order valence-electron chi connectivity index (χ3n) is 4.37. The van der Waals surface area contributed by atoms with Gasteiger partial charge in [-0.25, -0.2) is 0 Å². The first kappa shape index (κ1) is 16.2. The Balaban J connectivity index is 1.87. The summed E-state index contributed by atoms with van der Waals surface area (Å²) in [5.74, 6) is -0.295. The minimum atomic E-state index is -0.350. The second kappa shape index (κ2) is 6.82. The molecule has 24 heavy (non-hydrogen) atoms. The van der Waals surface area contributed by atoms with Gasteiger partial charge in [-0.3, -0.25) is 19.9 Å². The summed E-state index contributed by atoms with van der Waals surface area (Å²) in [5.41, 5.74) is 1.27. The third kappa shape index (κ3) is 3.02. The second-order valence-corrected chi connectivity index (χ2v) is 5.77. The predicted molar refractivity (Wildman–Crippen MR) is 90.0 cm³/mol. The standard InChI is InChI=1S/C17H19N3O4/c1-2-24-17(21)12-7-10-19(11-8-12)15-6-5-14-13(4-3-9-18-14)16(15)20(22)23/h3-6,9,12H,2,7-8,10-11H2,1H3. The largest absolute Gasteiger partial charge is 0.466 e. The molecule has 0 unspecified atom stereocenters. The quantitative estimate of drug-likeness (QED) is 0.487. The van der Waals surface area contributed by atoms with Gasteiger partial charge in [-0.05, 0) is 44.0 Å². The fraction of sp³-hybridized carbons (Fsp3) is 0.412. The van der Waals surface area contributed by atoms with Crippen LogP contribution in [-0.4, -0.2) is 35.6 Å². The molecule has 126 valence electrons. The highest BCUT2D eigenvalue weighted by atomic mass is 16.6. The van der Waals surface area contributed by atoms with Gasteiger partial charge < -0.3 is 9.64 Å². The van der Waals surface area contributed by atoms with E-state index in [-0.39, 0.29) is 22.5 Å². The van der Waals surface area contributed by atoms with Gasteiger partial charge in [0.25, 0.3) is 0 Å². The van der Waals surface area contributed by atoms with Crippen LogP contribution in [0.3, 0.4) is 0 Å². The first-order chi connectivity index (χ1) is 11.6. The van der Waals surface area contributed by atoms with Crippen LogP contribution in [0.15, 0.2) is 30.5 Å². The van der Waals surface area contributed by atoms with E-state index in [0.717, 1.165) is 0 Å². The smallest absolute Gasteiger partial charge is 0.309 e. The maximum atomic E-state index is 11.8. The summed E-state index contributed by atoms with van der Waals surface area (Å²) in [4.78, 5) is 29.3. The van der Waals surface area contributed by atoms with Gasteiger partial charge in [0.15, 0.2) is 0 Å². The number of aromatic nitrogens is 1. The van der Waals surface area contributed by atoms with Crippen molar-refractivity contribution in [2.45, 2.75) is 19.8 Å². The number of ether oxygens (including phenoxy) is 1. The average Bonchev–Trinajstić information content (AvgIpc) is 2.61. The number of anilines is 1. The lowest BCUT2D eigenvalue weighted by Crippen LogP contribution is -2.37. The van der Waals surface area contributed by atoms with E-state index < -0.39 is 0 Å². The Morgan fingerprint density at radius 3 is 2.79 bits per heavy atom. The maximum Gasteiger partial charge on any atom is 0.309 e. The Morgan fingerprint density at radius 2 is 2.12 bits per heavy atom. The number of piperidine rings is 1. The molecule has 0 radical (unpaired) electrons. The van der Waals surface area contributed by atoms with Crippen molar-refractivity contribution in [2.75, 3.05) is 24.6 Å². The number of nitrogens with zero attached hydrogens (tertiary/aromatic N) is 3. The number of nitro benzene ring substituents is 1. The number of nitro groups is 1. The molecule has 0 N–H and O–H groups in total. The van der Waals surface area contributed by atoms with Crippen molar-refractivity contribution in [2.24, 2.45) is 5.92 Å². The Hall–Kier alpha value is -2.70. The van der Waals surface area contributed by atoms with Crippen molar-refractivity contribution in [3.8, 4) is 0 Å². The van der Waals surface area contributed by atoms with E-state index in [0.29, 0.717) is 49.1 Å². The van der Waals surface area contributed by atoms with Crippen molar-refractivity contribution in [3.63, 3.8) is 0 Å². The van der Waals surface area contributed by atoms with Crippen LogP contribution in [0.1, 0.15) is 19.8 Å². The van der Waals surface area contributed by atoms with Crippen molar-refractivity contribution in [3.05, 3.63) is 40.6 Å². The summed E-state index contributed by atoms with van der Waals surface area (Å²) in [7, 11) is 0. The van der Waals surface area contributed by atoms with Gasteiger partial charge in [-0.15, -0.1) is 0 Å². The fourth-order valence-electron chi connectivity index (χ4n) is 3.19. The number of pyridine rings is 1. The lowest BCUT2D eigenvalue weighted by Gasteiger charge is -2.32. The summed E-state index contributed by atoms with van der Waals surface area (Å²) in [6.45, 7) is 3.36. The number of benzene rings is 1. The lowest BCUT2D eigenvalue weighted by molar-refractivity contribution is -0.382. The van der Waals surface area contributed by atoms with Gasteiger partial charge in [0.2, 0.25) is 0 Å². The summed E-state index contributed by atoms with van der Waals surface area (Å²) in [5, 5.41) is 12.1. The van der Waals surface area contributed by atoms with Crippen LogP contribution < -0.4 is 4.90 Å². The molecular formula is C17H19N3O4. The summed E-state index contributed by atoms with van der Waals surface area (Å²) in [6, 6.07) is 6.97. The van der Waals surface area contributed by atoms with Crippen molar-refractivity contribution >= 4 is 28.2 Å². The molecule has 7 heteroatoms. The molecule has 0 aliphatic carbocycles. The highest BCUT2D eigenvalue weighted by molar-refractivity contribution is 5.94. The van der Waals surface area contributed by atoms with Crippen molar-refractivity contribution in [1.82, 2.24) is 4.98 Å². The number of hydrogen-bond donors (Lipinski definition) is 0. The monoisotopic (exact) mass is 329 g/mol. The number of carbonyl (C=O) groups is 1. The van der Waals surface area contributed by atoms with Gasteiger partial charge in [0.05, 0.1) is 28.4 Å². The van der Waals surface area contributed by atoms with E-state index in [1.165, 1.54) is 0 Å². The molecule has 1 aromatic heterocycles. The van der Waals surface area contributed by atoms with E-state index in [1.54, 1.807) is 37.4 Å². The SMILES string of the molecule is CCOC(=O)C1CCN(c2ccc3ncccc3c2[N+](=O)[O-])CC1. The zero-order chi connectivity index (χ0) is 17.1. The molecule has 1 fully saturated rings. The highest BCUT2D eigenvalue weighted by Crippen LogP contribution is 2.37. The van der Waals surface area contributed by atoms with Gasteiger partial charge in [0.1, 0.15) is 5.69 Å². The molecule has 2 aromatic rings. The average molecular weight is 329 g/mol. The minimum absolute atomic E-state index is 0.0789. The topological polar surface area (TPSA) is 85.6 Å².